The first-order chi connectivity index (χ1) is 7.74. The van der Waals surface area contributed by atoms with Crippen molar-refractivity contribution in [3.05, 3.63) is 5.82 Å². The number of nitrogens with zero attached hydrogens (tertiary/aromatic N) is 2. The lowest BCUT2D eigenvalue weighted by Gasteiger charge is -2.35. The van der Waals surface area contributed by atoms with Crippen LogP contribution in [-0.2, 0) is 0 Å². The molecule has 90 valence electrons. The van der Waals surface area contributed by atoms with Gasteiger partial charge in [-0.3, -0.25) is 0 Å². The van der Waals surface area contributed by atoms with E-state index in [0.29, 0.717) is 5.41 Å². The van der Waals surface area contributed by atoms with E-state index in [0.717, 1.165) is 15.5 Å². The van der Waals surface area contributed by atoms with E-state index in [9.17, 15) is 0 Å². The first-order valence-corrected chi connectivity index (χ1v) is 8.61. The van der Waals surface area contributed by atoms with Gasteiger partial charge in [-0.15, -0.1) is 0 Å². The van der Waals surface area contributed by atoms with Crippen LogP contribution in [0.4, 0.5) is 0 Å². The highest BCUT2D eigenvalue weighted by molar-refractivity contribution is 9.09. The van der Waals surface area contributed by atoms with Crippen molar-refractivity contribution in [3.8, 4) is 0 Å². The minimum atomic E-state index is 0.502. The fraction of sp³-hybridized carbons (Fsp3) is 0.818. The Bertz CT molecular complexity index is 334. The predicted octanol–water partition coefficient (Wildman–Crippen LogP) is 4.28. The van der Waals surface area contributed by atoms with Gasteiger partial charge in [-0.05, 0) is 36.7 Å². The summed E-state index contributed by atoms with van der Waals surface area (Å²) in [5, 5.41) is 1.13. The Balaban J connectivity index is 1.91. The number of hydrogen-bond acceptors (Lipinski definition) is 4. The van der Waals surface area contributed by atoms with Gasteiger partial charge in [0.2, 0.25) is 0 Å². The lowest BCUT2D eigenvalue weighted by molar-refractivity contribution is 0.260. The predicted molar refractivity (Wildman–Crippen MR) is 74.7 cm³/mol. The topological polar surface area (TPSA) is 25.8 Å². The van der Waals surface area contributed by atoms with Crippen LogP contribution in [0.25, 0.3) is 0 Å². The SMILES string of the molecule is Cc1nsc(SCC2(CBr)CCCCC2)n1. The van der Waals surface area contributed by atoms with Gasteiger partial charge < -0.3 is 0 Å². The molecular weight excluding hydrogens is 304 g/mol. The zero-order valence-corrected chi connectivity index (χ0v) is 12.8. The maximum atomic E-state index is 4.42. The Morgan fingerprint density at radius 3 is 2.69 bits per heavy atom. The number of alkyl halides is 1. The van der Waals surface area contributed by atoms with Gasteiger partial charge >= 0.3 is 0 Å². The minimum absolute atomic E-state index is 0.502. The molecule has 1 aliphatic rings. The molecule has 0 atom stereocenters. The summed E-state index contributed by atoms with van der Waals surface area (Å²) < 4.78 is 5.36. The van der Waals surface area contributed by atoms with Crippen molar-refractivity contribution in [2.45, 2.75) is 43.4 Å². The average Bonchev–Trinajstić information content (AvgIpc) is 2.74. The Morgan fingerprint density at radius 1 is 1.38 bits per heavy atom. The molecule has 1 saturated carbocycles. The summed E-state index contributed by atoms with van der Waals surface area (Å²) in [6.07, 6.45) is 6.92. The second-order valence-electron chi connectivity index (χ2n) is 4.59. The zero-order chi connectivity index (χ0) is 11.4. The van der Waals surface area contributed by atoms with Crippen LogP contribution in [0.3, 0.4) is 0 Å². The summed E-state index contributed by atoms with van der Waals surface area (Å²) in [5.41, 5.74) is 0.502. The van der Waals surface area contributed by atoms with Crippen LogP contribution in [0.5, 0.6) is 0 Å². The zero-order valence-electron chi connectivity index (χ0n) is 9.54. The molecule has 1 aromatic heterocycles. The van der Waals surface area contributed by atoms with Crippen molar-refractivity contribution in [3.63, 3.8) is 0 Å². The molecule has 1 heterocycles. The third-order valence-corrected chi connectivity index (χ3v) is 6.67. The van der Waals surface area contributed by atoms with E-state index in [4.69, 9.17) is 0 Å². The van der Waals surface area contributed by atoms with Crippen LogP contribution in [0.1, 0.15) is 37.9 Å². The Morgan fingerprint density at radius 2 is 2.12 bits per heavy atom. The molecule has 2 nitrogen and oxygen atoms in total. The van der Waals surface area contributed by atoms with E-state index >= 15 is 0 Å². The van der Waals surface area contributed by atoms with Gasteiger partial charge in [0.1, 0.15) is 5.82 Å². The Kier molecular flexibility index (Phi) is 4.67. The average molecular weight is 321 g/mol. The van der Waals surface area contributed by atoms with Crippen LogP contribution in [-0.4, -0.2) is 20.4 Å². The molecule has 0 aliphatic heterocycles. The molecule has 0 bridgehead atoms. The van der Waals surface area contributed by atoms with Crippen molar-refractivity contribution in [1.29, 1.82) is 0 Å². The van der Waals surface area contributed by atoms with E-state index in [2.05, 4.69) is 25.3 Å². The molecular formula is C11H17BrN2S2. The quantitative estimate of drug-likeness (QED) is 0.611. The fourth-order valence-electron chi connectivity index (χ4n) is 2.17. The first kappa shape index (κ1) is 12.8. The van der Waals surface area contributed by atoms with Gasteiger partial charge in [-0.2, -0.15) is 4.37 Å². The highest BCUT2D eigenvalue weighted by Crippen LogP contribution is 2.42. The smallest absolute Gasteiger partial charge is 0.170 e. The number of aryl methyl sites for hydroxylation is 1. The maximum Gasteiger partial charge on any atom is 0.170 e. The summed E-state index contributed by atoms with van der Waals surface area (Å²) in [6, 6.07) is 0. The van der Waals surface area contributed by atoms with Crippen LogP contribution >= 0.6 is 39.2 Å². The van der Waals surface area contributed by atoms with Gasteiger partial charge in [0.05, 0.1) is 0 Å². The number of rotatable bonds is 4. The third-order valence-electron chi connectivity index (χ3n) is 3.21. The Labute approximate surface area is 114 Å². The summed E-state index contributed by atoms with van der Waals surface area (Å²) in [6.45, 7) is 1.96. The van der Waals surface area contributed by atoms with Crippen molar-refractivity contribution in [2.24, 2.45) is 5.41 Å². The molecule has 0 spiro atoms. The van der Waals surface area contributed by atoms with Crippen LogP contribution in [0.15, 0.2) is 4.34 Å². The van der Waals surface area contributed by atoms with E-state index in [1.54, 1.807) is 0 Å². The highest BCUT2D eigenvalue weighted by Gasteiger charge is 2.31. The van der Waals surface area contributed by atoms with E-state index in [1.165, 1.54) is 49.4 Å². The second kappa shape index (κ2) is 5.83. The normalized spacial score (nSPS) is 19.9. The molecule has 1 aliphatic carbocycles. The van der Waals surface area contributed by atoms with Crippen LogP contribution in [0.2, 0.25) is 0 Å². The number of halogens is 1. The molecule has 0 radical (unpaired) electrons. The maximum absolute atomic E-state index is 4.42. The highest BCUT2D eigenvalue weighted by atomic mass is 79.9. The van der Waals surface area contributed by atoms with Crippen molar-refractivity contribution in [1.82, 2.24) is 9.36 Å². The molecule has 5 heteroatoms. The third kappa shape index (κ3) is 3.20. The molecule has 0 unspecified atom stereocenters. The summed E-state index contributed by atoms with van der Waals surface area (Å²) >= 11 is 7.12. The lowest BCUT2D eigenvalue weighted by atomic mass is 9.77. The van der Waals surface area contributed by atoms with Gasteiger partial charge in [0, 0.05) is 11.1 Å². The number of thioether (sulfide) groups is 1. The molecule has 0 N–H and O–H groups in total. The second-order valence-corrected chi connectivity index (χ2v) is 7.13. The molecule has 2 rings (SSSR count). The molecule has 0 amide bonds. The van der Waals surface area contributed by atoms with Gasteiger partial charge in [0.15, 0.2) is 4.34 Å². The molecule has 0 aromatic carbocycles. The van der Waals surface area contributed by atoms with E-state index in [1.807, 2.05) is 18.7 Å². The van der Waals surface area contributed by atoms with Gasteiger partial charge in [0.25, 0.3) is 0 Å². The van der Waals surface area contributed by atoms with Crippen LogP contribution in [0, 0.1) is 12.3 Å². The lowest BCUT2D eigenvalue weighted by Crippen LogP contribution is -2.28. The van der Waals surface area contributed by atoms with Crippen molar-refractivity contribution >= 4 is 39.2 Å². The summed E-state index contributed by atoms with van der Waals surface area (Å²) in [4.78, 5) is 4.42. The van der Waals surface area contributed by atoms with Crippen molar-refractivity contribution < 1.29 is 0 Å². The largest absolute Gasteiger partial charge is 0.213 e. The monoisotopic (exact) mass is 320 g/mol. The van der Waals surface area contributed by atoms with E-state index < -0.39 is 0 Å². The van der Waals surface area contributed by atoms with E-state index in [-0.39, 0.29) is 0 Å². The minimum Gasteiger partial charge on any atom is -0.213 e. The molecule has 16 heavy (non-hydrogen) atoms. The summed E-state index contributed by atoms with van der Waals surface area (Å²) in [7, 11) is 0. The first-order valence-electron chi connectivity index (χ1n) is 5.73. The fourth-order valence-corrected chi connectivity index (χ4v) is 5.13. The van der Waals surface area contributed by atoms with Gasteiger partial charge in [-0.25, -0.2) is 4.98 Å². The Hall–Kier alpha value is 0.390. The number of hydrogen-bond donors (Lipinski definition) is 0. The summed E-state index contributed by atoms with van der Waals surface area (Å²) in [5.74, 6) is 2.09. The van der Waals surface area contributed by atoms with Gasteiger partial charge in [-0.1, -0.05) is 47.0 Å². The number of aromatic nitrogens is 2. The van der Waals surface area contributed by atoms with Crippen LogP contribution < -0.4 is 0 Å². The standard InChI is InChI=1S/C11H17BrN2S2/c1-9-13-10(16-14-9)15-8-11(7-12)5-3-2-4-6-11/h2-8H2,1H3. The molecule has 1 fully saturated rings. The molecule has 0 saturated heterocycles. The molecule has 1 aromatic rings. The van der Waals surface area contributed by atoms with Crippen molar-refractivity contribution in [2.75, 3.05) is 11.1 Å².